The Balaban J connectivity index is 1.47. The normalized spacial score (nSPS) is 11.6. The lowest BCUT2D eigenvalue weighted by atomic mass is 10.2. The molecule has 0 amide bonds. The second-order valence-corrected chi connectivity index (χ2v) is 9.39. The van der Waals surface area contributed by atoms with Crippen molar-refractivity contribution >= 4 is 28.1 Å². The van der Waals surface area contributed by atoms with Gasteiger partial charge < -0.3 is 18.5 Å². The first kappa shape index (κ1) is 25.2. The highest BCUT2D eigenvalue weighted by Gasteiger charge is 2.18. The summed E-state index contributed by atoms with van der Waals surface area (Å²) in [4.78, 5) is 18.5. The molecule has 0 N–H and O–H groups in total. The molecule has 0 atom stereocenters. The standard InChI is InChI=1S/C32H28N4O4/c1-5-39-24-15-13-23(14-16-24)35-20(2)17-22(21(35)3)19-33-36-31(34-27-10-7-6-9-25(27)32(36)37)30-18-26-28(38-4)11-8-12-29(26)40-30/h6-19H,5H2,1-4H3. The van der Waals surface area contributed by atoms with Gasteiger partial charge in [-0.2, -0.15) is 9.78 Å². The van der Waals surface area contributed by atoms with Crippen LogP contribution in [0.25, 0.3) is 39.1 Å². The van der Waals surface area contributed by atoms with Crippen molar-refractivity contribution in [1.82, 2.24) is 14.2 Å². The van der Waals surface area contributed by atoms with E-state index in [1.165, 1.54) is 4.68 Å². The predicted molar refractivity (Wildman–Crippen MR) is 157 cm³/mol. The number of aromatic nitrogens is 3. The van der Waals surface area contributed by atoms with E-state index < -0.39 is 0 Å². The fraction of sp³-hybridized carbons (Fsp3) is 0.156. The van der Waals surface area contributed by atoms with Crippen molar-refractivity contribution in [2.24, 2.45) is 5.10 Å². The molecule has 0 radical (unpaired) electrons. The molecule has 0 fully saturated rings. The van der Waals surface area contributed by atoms with Crippen LogP contribution in [0.3, 0.4) is 0 Å². The second kappa shape index (κ2) is 10.2. The summed E-state index contributed by atoms with van der Waals surface area (Å²) in [5.74, 6) is 2.22. The monoisotopic (exact) mass is 532 g/mol. The van der Waals surface area contributed by atoms with Crippen LogP contribution in [0.2, 0.25) is 0 Å². The summed E-state index contributed by atoms with van der Waals surface area (Å²) in [5.41, 5.74) is 4.83. The van der Waals surface area contributed by atoms with Gasteiger partial charge in [-0.15, -0.1) is 0 Å². The van der Waals surface area contributed by atoms with Crippen LogP contribution in [0.5, 0.6) is 11.5 Å². The molecule has 8 nitrogen and oxygen atoms in total. The fourth-order valence-corrected chi connectivity index (χ4v) is 5.01. The van der Waals surface area contributed by atoms with E-state index in [1.807, 2.05) is 93.6 Å². The minimum absolute atomic E-state index is 0.287. The molecule has 3 aromatic heterocycles. The zero-order valence-electron chi connectivity index (χ0n) is 22.7. The van der Waals surface area contributed by atoms with E-state index >= 15 is 0 Å². The van der Waals surface area contributed by atoms with Crippen molar-refractivity contribution in [3.63, 3.8) is 0 Å². The quantitative estimate of drug-likeness (QED) is 0.219. The van der Waals surface area contributed by atoms with Gasteiger partial charge in [0.15, 0.2) is 5.76 Å². The van der Waals surface area contributed by atoms with Crippen molar-refractivity contribution in [2.75, 3.05) is 13.7 Å². The maximum Gasteiger partial charge on any atom is 0.282 e. The maximum atomic E-state index is 13.7. The van der Waals surface area contributed by atoms with Crippen molar-refractivity contribution in [3.8, 4) is 28.8 Å². The smallest absolute Gasteiger partial charge is 0.282 e. The van der Waals surface area contributed by atoms with Crippen molar-refractivity contribution in [1.29, 1.82) is 0 Å². The Bertz CT molecular complexity index is 1940. The molecule has 6 rings (SSSR count). The Hall–Kier alpha value is -5.11. The highest BCUT2D eigenvalue weighted by atomic mass is 16.5. The zero-order valence-corrected chi connectivity index (χ0v) is 22.7. The lowest BCUT2D eigenvalue weighted by Crippen LogP contribution is -2.20. The van der Waals surface area contributed by atoms with Gasteiger partial charge in [0.25, 0.3) is 5.56 Å². The third-order valence-electron chi connectivity index (χ3n) is 6.90. The zero-order chi connectivity index (χ0) is 27.8. The minimum atomic E-state index is -0.287. The molecule has 0 saturated heterocycles. The van der Waals surface area contributed by atoms with Crippen LogP contribution in [0.15, 0.2) is 93.2 Å². The van der Waals surface area contributed by atoms with Crippen LogP contribution in [-0.4, -0.2) is 34.2 Å². The molecule has 0 unspecified atom stereocenters. The first-order valence-corrected chi connectivity index (χ1v) is 13.0. The summed E-state index contributed by atoms with van der Waals surface area (Å²) in [6.45, 7) is 6.65. The maximum absolute atomic E-state index is 13.7. The number of nitrogens with zero attached hydrogens (tertiary/aromatic N) is 4. The number of benzene rings is 3. The molecule has 0 aliphatic heterocycles. The Kier molecular flexibility index (Phi) is 6.43. The molecular formula is C32H28N4O4. The van der Waals surface area contributed by atoms with Gasteiger partial charge in [0.1, 0.15) is 17.1 Å². The Morgan fingerprint density at radius 2 is 1.77 bits per heavy atom. The number of aryl methyl sites for hydroxylation is 1. The highest BCUT2D eigenvalue weighted by molar-refractivity contribution is 5.89. The van der Waals surface area contributed by atoms with Gasteiger partial charge in [0.05, 0.1) is 36.2 Å². The van der Waals surface area contributed by atoms with E-state index in [4.69, 9.17) is 18.9 Å². The van der Waals surface area contributed by atoms with Crippen LogP contribution in [-0.2, 0) is 0 Å². The van der Waals surface area contributed by atoms with Crippen LogP contribution in [0, 0.1) is 13.8 Å². The average Bonchev–Trinajstić information content (AvgIpc) is 3.53. The van der Waals surface area contributed by atoms with Gasteiger partial charge in [-0.1, -0.05) is 18.2 Å². The van der Waals surface area contributed by atoms with Gasteiger partial charge in [-0.05, 0) is 81.4 Å². The van der Waals surface area contributed by atoms with Crippen LogP contribution >= 0.6 is 0 Å². The van der Waals surface area contributed by atoms with E-state index in [1.54, 1.807) is 19.4 Å². The summed E-state index contributed by atoms with van der Waals surface area (Å²) in [6, 6.07) is 24.6. The number of fused-ring (bicyclic) bond motifs is 2. The number of ether oxygens (including phenoxy) is 2. The van der Waals surface area contributed by atoms with Gasteiger partial charge in [0.2, 0.25) is 5.82 Å². The van der Waals surface area contributed by atoms with E-state index in [-0.39, 0.29) is 5.56 Å². The number of methoxy groups -OCH3 is 1. The molecule has 3 aromatic carbocycles. The Labute approximate surface area is 230 Å². The highest BCUT2D eigenvalue weighted by Crippen LogP contribution is 2.33. The van der Waals surface area contributed by atoms with Crippen LogP contribution in [0.1, 0.15) is 23.9 Å². The molecule has 0 saturated carbocycles. The number of para-hydroxylation sites is 1. The van der Waals surface area contributed by atoms with Gasteiger partial charge in [-0.3, -0.25) is 4.79 Å². The second-order valence-electron chi connectivity index (χ2n) is 9.39. The number of hydrogen-bond acceptors (Lipinski definition) is 6. The molecule has 40 heavy (non-hydrogen) atoms. The van der Waals surface area contributed by atoms with Crippen LogP contribution in [0.4, 0.5) is 0 Å². The average molecular weight is 533 g/mol. The molecule has 0 bridgehead atoms. The van der Waals surface area contributed by atoms with Gasteiger partial charge >= 0.3 is 0 Å². The first-order chi connectivity index (χ1) is 19.5. The molecule has 0 aliphatic rings. The van der Waals surface area contributed by atoms with Crippen molar-refractivity contribution in [2.45, 2.75) is 20.8 Å². The fourth-order valence-electron chi connectivity index (χ4n) is 5.01. The number of rotatable bonds is 7. The van der Waals surface area contributed by atoms with E-state index in [0.29, 0.717) is 40.4 Å². The summed E-state index contributed by atoms with van der Waals surface area (Å²) >= 11 is 0. The molecule has 0 spiro atoms. The molecule has 200 valence electrons. The molecule has 0 aliphatic carbocycles. The summed E-state index contributed by atoms with van der Waals surface area (Å²) in [7, 11) is 1.61. The number of hydrogen-bond donors (Lipinski definition) is 0. The van der Waals surface area contributed by atoms with Crippen LogP contribution < -0.4 is 15.0 Å². The lowest BCUT2D eigenvalue weighted by molar-refractivity contribution is 0.340. The minimum Gasteiger partial charge on any atom is -0.496 e. The van der Waals surface area contributed by atoms with Gasteiger partial charge in [-0.25, -0.2) is 4.98 Å². The third-order valence-corrected chi connectivity index (χ3v) is 6.90. The largest absolute Gasteiger partial charge is 0.496 e. The third kappa shape index (κ3) is 4.33. The molecule has 3 heterocycles. The Morgan fingerprint density at radius 3 is 2.55 bits per heavy atom. The SMILES string of the molecule is CCOc1ccc(-n2c(C)cc(C=Nn3c(-c4cc5c(OC)cccc5o4)nc4ccccc4c3=O)c2C)cc1. The Morgan fingerprint density at radius 1 is 0.975 bits per heavy atom. The van der Waals surface area contributed by atoms with Crippen molar-refractivity contribution < 1.29 is 13.9 Å². The van der Waals surface area contributed by atoms with Crippen molar-refractivity contribution in [3.05, 3.63) is 106 Å². The van der Waals surface area contributed by atoms with E-state index in [2.05, 4.69) is 9.67 Å². The van der Waals surface area contributed by atoms with E-state index in [0.717, 1.165) is 33.8 Å². The summed E-state index contributed by atoms with van der Waals surface area (Å²) in [5, 5.41) is 5.91. The topological polar surface area (TPSA) is 83.8 Å². The summed E-state index contributed by atoms with van der Waals surface area (Å²) in [6.07, 6.45) is 1.69. The van der Waals surface area contributed by atoms with E-state index in [9.17, 15) is 4.79 Å². The predicted octanol–water partition coefficient (Wildman–Crippen LogP) is 6.51. The summed E-state index contributed by atoms with van der Waals surface area (Å²) < 4.78 is 20.7. The molecular weight excluding hydrogens is 504 g/mol. The first-order valence-electron chi connectivity index (χ1n) is 13.0. The van der Waals surface area contributed by atoms with Gasteiger partial charge in [0, 0.05) is 22.6 Å². The molecule has 6 aromatic rings. The number of furan rings is 1. The molecule has 8 heteroatoms. The lowest BCUT2D eigenvalue weighted by Gasteiger charge is -2.11.